The molecule has 36 heavy (non-hydrogen) atoms. The summed E-state index contributed by atoms with van der Waals surface area (Å²) in [7, 11) is 0. The van der Waals surface area contributed by atoms with E-state index in [1.165, 1.54) is 0 Å². The third-order valence-corrected chi connectivity index (χ3v) is 6.71. The normalized spacial score (nSPS) is 11.6. The average molecular weight is 527 g/mol. The fourth-order valence-corrected chi connectivity index (χ4v) is 4.16. The van der Waals surface area contributed by atoms with E-state index in [1.54, 1.807) is 17.0 Å². The van der Waals surface area contributed by atoms with E-state index in [0.717, 1.165) is 28.7 Å². The molecule has 0 aliphatic carbocycles. The molecule has 0 radical (unpaired) electrons. The Balaban J connectivity index is 1.90. The van der Waals surface area contributed by atoms with Crippen LogP contribution in [0.5, 0.6) is 5.75 Å². The van der Waals surface area contributed by atoms with Crippen LogP contribution in [-0.2, 0) is 22.6 Å². The van der Waals surface area contributed by atoms with E-state index in [9.17, 15) is 9.59 Å². The third-order valence-electron chi connectivity index (χ3n) is 5.86. The van der Waals surface area contributed by atoms with Crippen molar-refractivity contribution in [3.05, 3.63) is 99.0 Å². The van der Waals surface area contributed by atoms with Crippen molar-refractivity contribution >= 4 is 35.0 Å². The lowest BCUT2D eigenvalue weighted by Gasteiger charge is -2.31. The van der Waals surface area contributed by atoms with Crippen molar-refractivity contribution < 1.29 is 14.3 Å². The highest BCUT2D eigenvalue weighted by Gasteiger charge is 2.30. The standard InChI is InChI=1S/C29H32Cl2N2O3/c1-4-14-32-29(35)26(17-22-8-6-5-7-9-22)33(18-23-10-12-24(30)13-11-23)27(34)19-36-25-15-20(2)28(31)21(3)16-25/h5-13,15-16,26H,4,14,17-19H2,1-3H3,(H,32,35). The molecule has 0 spiro atoms. The van der Waals surface area contributed by atoms with Gasteiger partial charge in [-0.05, 0) is 66.8 Å². The number of nitrogens with zero attached hydrogens (tertiary/aromatic N) is 1. The molecule has 7 heteroatoms. The molecule has 1 atom stereocenters. The van der Waals surface area contributed by atoms with Gasteiger partial charge < -0.3 is 15.0 Å². The Morgan fingerprint density at radius 2 is 1.58 bits per heavy atom. The summed E-state index contributed by atoms with van der Waals surface area (Å²) in [6.45, 7) is 6.35. The molecule has 0 heterocycles. The SMILES string of the molecule is CCCNC(=O)C(Cc1ccccc1)N(Cc1ccc(Cl)cc1)C(=O)COc1cc(C)c(Cl)c(C)c1. The molecule has 0 aromatic heterocycles. The van der Waals surface area contributed by atoms with Gasteiger partial charge in [0.25, 0.3) is 5.91 Å². The van der Waals surface area contributed by atoms with Crippen molar-refractivity contribution in [2.24, 2.45) is 0 Å². The van der Waals surface area contributed by atoms with Crippen LogP contribution in [0.1, 0.15) is 35.6 Å². The lowest BCUT2D eigenvalue weighted by atomic mass is 10.0. The maximum atomic E-state index is 13.6. The van der Waals surface area contributed by atoms with Gasteiger partial charge in [0, 0.05) is 29.6 Å². The number of aryl methyl sites for hydroxylation is 2. The number of carbonyl (C=O) groups is 2. The summed E-state index contributed by atoms with van der Waals surface area (Å²) in [4.78, 5) is 28.5. The van der Waals surface area contributed by atoms with Gasteiger partial charge in [-0.3, -0.25) is 9.59 Å². The summed E-state index contributed by atoms with van der Waals surface area (Å²) in [6, 6.07) is 19.9. The highest BCUT2D eigenvalue weighted by atomic mass is 35.5. The van der Waals surface area contributed by atoms with Crippen LogP contribution < -0.4 is 10.1 Å². The first-order valence-corrected chi connectivity index (χ1v) is 12.8. The predicted molar refractivity (Wildman–Crippen MR) is 146 cm³/mol. The predicted octanol–water partition coefficient (Wildman–Crippen LogP) is 6.16. The van der Waals surface area contributed by atoms with Gasteiger partial charge in [0.1, 0.15) is 11.8 Å². The Kier molecular flexibility index (Phi) is 10.2. The maximum absolute atomic E-state index is 13.6. The Hall–Kier alpha value is -3.02. The number of carbonyl (C=O) groups excluding carboxylic acids is 2. The van der Waals surface area contributed by atoms with Crippen molar-refractivity contribution in [2.75, 3.05) is 13.2 Å². The van der Waals surface area contributed by atoms with Crippen LogP contribution >= 0.6 is 23.2 Å². The second kappa shape index (κ2) is 13.3. The molecule has 0 fully saturated rings. The third kappa shape index (κ3) is 7.74. The van der Waals surface area contributed by atoms with E-state index in [2.05, 4.69) is 5.32 Å². The minimum atomic E-state index is -0.709. The van der Waals surface area contributed by atoms with Crippen molar-refractivity contribution in [3.63, 3.8) is 0 Å². The van der Waals surface area contributed by atoms with Gasteiger partial charge >= 0.3 is 0 Å². The highest BCUT2D eigenvalue weighted by molar-refractivity contribution is 6.32. The van der Waals surface area contributed by atoms with E-state index in [-0.39, 0.29) is 25.0 Å². The van der Waals surface area contributed by atoms with Gasteiger partial charge in [-0.2, -0.15) is 0 Å². The van der Waals surface area contributed by atoms with Crippen LogP contribution in [0, 0.1) is 13.8 Å². The molecule has 0 saturated carbocycles. The van der Waals surface area contributed by atoms with Gasteiger partial charge in [0.2, 0.25) is 5.91 Å². The van der Waals surface area contributed by atoms with Crippen molar-refractivity contribution in [2.45, 2.75) is 46.2 Å². The molecule has 1 unspecified atom stereocenters. The highest BCUT2D eigenvalue weighted by Crippen LogP contribution is 2.26. The van der Waals surface area contributed by atoms with E-state index in [4.69, 9.17) is 27.9 Å². The van der Waals surface area contributed by atoms with Crippen LogP contribution in [0.4, 0.5) is 0 Å². The van der Waals surface area contributed by atoms with Gasteiger partial charge in [-0.25, -0.2) is 0 Å². The summed E-state index contributed by atoms with van der Waals surface area (Å²) < 4.78 is 5.88. The Morgan fingerprint density at radius 3 is 2.19 bits per heavy atom. The maximum Gasteiger partial charge on any atom is 0.261 e. The lowest BCUT2D eigenvalue weighted by molar-refractivity contribution is -0.142. The second-order valence-electron chi connectivity index (χ2n) is 8.80. The Morgan fingerprint density at radius 1 is 0.944 bits per heavy atom. The van der Waals surface area contributed by atoms with Crippen molar-refractivity contribution in [3.8, 4) is 5.75 Å². The molecule has 0 aliphatic rings. The number of hydrogen-bond acceptors (Lipinski definition) is 3. The van der Waals surface area contributed by atoms with E-state index in [0.29, 0.717) is 28.8 Å². The molecule has 3 aromatic rings. The zero-order valence-corrected chi connectivity index (χ0v) is 22.4. The molecule has 3 rings (SSSR count). The summed E-state index contributed by atoms with van der Waals surface area (Å²) in [5.41, 5.74) is 3.58. The molecule has 2 amide bonds. The van der Waals surface area contributed by atoms with Crippen LogP contribution in [0.3, 0.4) is 0 Å². The monoisotopic (exact) mass is 526 g/mol. The summed E-state index contributed by atoms with van der Waals surface area (Å²) in [6.07, 6.45) is 1.18. The molecule has 0 bridgehead atoms. The number of halogens is 2. The molecule has 5 nitrogen and oxygen atoms in total. The van der Waals surface area contributed by atoms with E-state index >= 15 is 0 Å². The first-order valence-electron chi connectivity index (χ1n) is 12.0. The Bertz CT molecular complexity index is 1140. The number of amides is 2. The quantitative estimate of drug-likeness (QED) is 0.325. The van der Waals surface area contributed by atoms with Crippen LogP contribution in [-0.4, -0.2) is 35.9 Å². The average Bonchev–Trinajstić information content (AvgIpc) is 2.88. The fourth-order valence-electron chi connectivity index (χ4n) is 3.92. The number of hydrogen-bond donors (Lipinski definition) is 1. The number of benzene rings is 3. The number of ether oxygens (including phenoxy) is 1. The molecule has 0 aliphatic heterocycles. The zero-order valence-electron chi connectivity index (χ0n) is 20.9. The summed E-state index contributed by atoms with van der Waals surface area (Å²) >= 11 is 12.3. The minimum absolute atomic E-state index is 0.193. The summed E-state index contributed by atoms with van der Waals surface area (Å²) in [5, 5.41) is 4.25. The Labute approximate surface area is 223 Å². The first kappa shape index (κ1) is 27.6. The lowest BCUT2D eigenvalue weighted by Crippen LogP contribution is -2.51. The van der Waals surface area contributed by atoms with Gasteiger partial charge in [-0.1, -0.05) is 72.6 Å². The minimum Gasteiger partial charge on any atom is -0.484 e. The van der Waals surface area contributed by atoms with Crippen molar-refractivity contribution in [1.29, 1.82) is 0 Å². The topological polar surface area (TPSA) is 58.6 Å². The van der Waals surface area contributed by atoms with E-state index < -0.39 is 6.04 Å². The van der Waals surface area contributed by atoms with Crippen molar-refractivity contribution in [1.82, 2.24) is 10.2 Å². The molecule has 1 N–H and O–H groups in total. The molecule has 3 aromatic carbocycles. The summed E-state index contributed by atoms with van der Waals surface area (Å²) in [5.74, 6) is 0.0771. The molecular formula is C29H32Cl2N2O3. The molecule has 0 saturated heterocycles. The molecular weight excluding hydrogens is 495 g/mol. The second-order valence-corrected chi connectivity index (χ2v) is 9.62. The molecule has 190 valence electrons. The first-order chi connectivity index (χ1) is 17.3. The van der Waals surface area contributed by atoms with Gasteiger partial charge in [-0.15, -0.1) is 0 Å². The largest absolute Gasteiger partial charge is 0.484 e. The van der Waals surface area contributed by atoms with Gasteiger partial charge in [0.15, 0.2) is 6.61 Å². The van der Waals surface area contributed by atoms with Gasteiger partial charge in [0.05, 0.1) is 0 Å². The number of rotatable bonds is 11. The van der Waals surface area contributed by atoms with Crippen LogP contribution in [0.25, 0.3) is 0 Å². The van der Waals surface area contributed by atoms with Crippen LogP contribution in [0.15, 0.2) is 66.7 Å². The van der Waals surface area contributed by atoms with E-state index in [1.807, 2.05) is 75.4 Å². The zero-order chi connectivity index (χ0) is 26.1. The fraction of sp³-hybridized carbons (Fsp3) is 0.310. The van der Waals surface area contributed by atoms with Crippen LogP contribution in [0.2, 0.25) is 10.0 Å². The number of nitrogens with one attached hydrogen (secondary N) is 1. The smallest absolute Gasteiger partial charge is 0.261 e.